The normalized spacial score (nSPS) is 11.9. The molecule has 6 heteroatoms. The van der Waals surface area contributed by atoms with E-state index in [1.54, 1.807) is 13.0 Å². The molecule has 1 heterocycles. The van der Waals surface area contributed by atoms with E-state index in [4.69, 9.17) is 4.42 Å². The van der Waals surface area contributed by atoms with E-state index in [9.17, 15) is 4.79 Å². The van der Waals surface area contributed by atoms with Crippen molar-refractivity contribution < 1.29 is 9.21 Å². The third kappa shape index (κ3) is 4.19. The molecule has 21 heavy (non-hydrogen) atoms. The lowest BCUT2D eigenvalue weighted by Gasteiger charge is -2.07. The highest BCUT2D eigenvalue weighted by Crippen LogP contribution is 2.26. The van der Waals surface area contributed by atoms with Gasteiger partial charge in [-0.25, -0.2) is 0 Å². The van der Waals surface area contributed by atoms with Crippen LogP contribution in [0.4, 0.5) is 0 Å². The molecule has 1 atom stereocenters. The van der Waals surface area contributed by atoms with Crippen LogP contribution in [0, 0.1) is 6.92 Å². The Morgan fingerprint density at radius 2 is 2.33 bits per heavy atom. The van der Waals surface area contributed by atoms with Gasteiger partial charge in [-0.1, -0.05) is 35.5 Å². The Labute approximate surface area is 127 Å². The summed E-state index contributed by atoms with van der Waals surface area (Å²) in [6.45, 7) is 7.80. The lowest BCUT2D eigenvalue weighted by molar-refractivity contribution is -0.120. The summed E-state index contributed by atoms with van der Waals surface area (Å²) in [6.07, 6.45) is 1.64. The Morgan fingerprint density at radius 1 is 1.52 bits per heavy atom. The summed E-state index contributed by atoms with van der Waals surface area (Å²) in [5, 5.41) is 10.8. The average Bonchev–Trinajstić information content (AvgIpc) is 2.93. The largest absolute Gasteiger partial charge is 0.411 e. The Morgan fingerprint density at radius 3 is 3.05 bits per heavy atom. The van der Waals surface area contributed by atoms with Crippen LogP contribution in [-0.4, -0.2) is 27.9 Å². The van der Waals surface area contributed by atoms with Gasteiger partial charge < -0.3 is 9.73 Å². The van der Waals surface area contributed by atoms with Crippen LogP contribution >= 0.6 is 11.8 Å². The van der Waals surface area contributed by atoms with Crippen LogP contribution in [0.15, 0.2) is 46.6 Å². The first kappa shape index (κ1) is 15.3. The molecule has 0 saturated heterocycles. The molecular weight excluding hydrogens is 286 g/mol. The lowest BCUT2D eigenvalue weighted by Crippen LogP contribution is -2.30. The highest BCUT2D eigenvalue weighted by molar-refractivity contribution is 8.00. The maximum atomic E-state index is 11.8. The van der Waals surface area contributed by atoms with Crippen LogP contribution in [-0.2, 0) is 4.79 Å². The van der Waals surface area contributed by atoms with Crippen molar-refractivity contribution in [3.63, 3.8) is 0 Å². The van der Waals surface area contributed by atoms with E-state index >= 15 is 0 Å². The predicted molar refractivity (Wildman–Crippen MR) is 83.0 cm³/mol. The standard InChI is InChI=1S/C15H17N3O2S/c1-4-8-16-13(19)11(3)21-15-18-17-14(20-15)12-7-5-6-10(2)9-12/h4-7,9,11H,1,8H2,2-3H3,(H,16,19)/t11-/m0/s1. The smallest absolute Gasteiger partial charge is 0.277 e. The van der Waals surface area contributed by atoms with Gasteiger partial charge in [0.1, 0.15) is 0 Å². The molecule has 2 rings (SSSR count). The minimum Gasteiger partial charge on any atom is -0.411 e. The van der Waals surface area contributed by atoms with Gasteiger partial charge in [0.2, 0.25) is 11.8 Å². The van der Waals surface area contributed by atoms with Gasteiger partial charge in [-0.2, -0.15) is 0 Å². The Balaban J connectivity index is 2.03. The number of hydrogen-bond acceptors (Lipinski definition) is 5. The molecule has 0 aliphatic carbocycles. The zero-order valence-electron chi connectivity index (χ0n) is 12.0. The lowest BCUT2D eigenvalue weighted by atomic mass is 10.1. The third-order valence-electron chi connectivity index (χ3n) is 2.74. The Bertz CT molecular complexity index is 639. The summed E-state index contributed by atoms with van der Waals surface area (Å²) in [7, 11) is 0. The number of benzene rings is 1. The van der Waals surface area contributed by atoms with E-state index in [2.05, 4.69) is 22.1 Å². The first-order chi connectivity index (χ1) is 10.1. The van der Waals surface area contributed by atoms with Gasteiger partial charge in [0.25, 0.3) is 5.22 Å². The summed E-state index contributed by atoms with van der Waals surface area (Å²) < 4.78 is 5.59. The van der Waals surface area contributed by atoms with Crippen LogP contribution in [0.5, 0.6) is 0 Å². The monoisotopic (exact) mass is 303 g/mol. The van der Waals surface area contributed by atoms with E-state index in [0.717, 1.165) is 11.1 Å². The maximum absolute atomic E-state index is 11.8. The van der Waals surface area contributed by atoms with E-state index in [-0.39, 0.29) is 11.2 Å². The zero-order valence-corrected chi connectivity index (χ0v) is 12.8. The van der Waals surface area contributed by atoms with Crippen molar-refractivity contribution in [2.45, 2.75) is 24.3 Å². The van der Waals surface area contributed by atoms with Crippen LogP contribution < -0.4 is 5.32 Å². The number of rotatable bonds is 6. The zero-order chi connectivity index (χ0) is 15.2. The molecule has 1 amide bonds. The van der Waals surface area contributed by atoms with Crippen LogP contribution in [0.3, 0.4) is 0 Å². The Kier molecular flexibility index (Phi) is 5.16. The molecule has 2 aromatic rings. The minimum atomic E-state index is -0.309. The fourth-order valence-electron chi connectivity index (χ4n) is 1.67. The molecule has 0 fully saturated rings. The summed E-state index contributed by atoms with van der Waals surface area (Å²) in [5.74, 6) is 0.370. The van der Waals surface area contributed by atoms with E-state index in [1.807, 2.05) is 31.2 Å². The maximum Gasteiger partial charge on any atom is 0.277 e. The first-order valence-electron chi connectivity index (χ1n) is 6.56. The van der Waals surface area contributed by atoms with Gasteiger partial charge in [0, 0.05) is 12.1 Å². The molecule has 0 unspecified atom stereocenters. The number of aryl methyl sites for hydroxylation is 1. The van der Waals surface area contributed by atoms with Crippen molar-refractivity contribution in [1.29, 1.82) is 0 Å². The van der Waals surface area contributed by atoms with Crippen LogP contribution in [0.25, 0.3) is 11.5 Å². The van der Waals surface area contributed by atoms with Crippen molar-refractivity contribution in [1.82, 2.24) is 15.5 Å². The number of aromatic nitrogens is 2. The van der Waals surface area contributed by atoms with Gasteiger partial charge in [0.15, 0.2) is 0 Å². The van der Waals surface area contributed by atoms with Gasteiger partial charge in [0.05, 0.1) is 5.25 Å². The van der Waals surface area contributed by atoms with E-state index < -0.39 is 0 Å². The average molecular weight is 303 g/mol. The molecule has 0 saturated carbocycles. The summed E-state index contributed by atoms with van der Waals surface area (Å²) in [6, 6.07) is 7.83. The summed E-state index contributed by atoms with van der Waals surface area (Å²) in [5.41, 5.74) is 2.00. The van der Waals surface area contributed by atoms with Crippen molar-refractivity contribution in [2.75, 3.05) is 6.54 Å². The number of nitrogens with one attached hydrogen (secondary N) is 1. The number of carbonyl (C=O) groups excluding carboxylic acids is 1. The minimum absolute atomic E-state index is 0.0878. The van der Waals surface area contributed by atoms with Crippen molar-refractivity contribution in [3.8, 4) is 11.5 Å². The number of carbonyl (C=O) groups is 1. The molecular formula is C15H17N3O2S. The fourth-order valence-corrected chi connectivity index (χ4v) is 2.38. The topological polar surface area (TPSA) is 68.0 Å². The fraction of sp³-hybridized carbons (Fsp3) is 0.267. The molecule has 1 N–H and O–H groups in total. The molecule has 0 radical (unpaired) electrons. The van der Waals surface area contributed by atoms with Gasteiger partial charge in [-0.3, -0.25) is 4.79 Å². The molecule has 1 aromatic carbocycles. The second-order valence-corrected chi connectivity index (χ2v) is 5.83. The van der Waals surface area contributed by atoms with Gasteiger partial charge >= 0.3 is 0 Å². The van der Waals surface area contributed by atoms with E-state index in [1.165, 1.54) is 11.8 Å². The molecule has 0 bridgehead atoms. The highest BCUT2D eigenvalue weighted by Gasteiger charge is 2.18. The molecule has 0 spiro atoms. The number of amides is 1. The summed E-state index contributed by atoms with van der Waals surface area (Å²) in [4.78, 5) is 11.8. The second kappa shape index (κ2) is 7.08. The number of nitrogens with zero attached hydrogens (tertiary/aromatic N) is 2. The highest BCUT2D eigenvalue weighted by atomic mass is 32.2. The third-order valence-corrected chi connectivity index (χ3v) is 3.67. The predicted octanol–water partition coefficient (Wildman–Crippen LogP) is 2.83. The molecule has 1 aromatic heterocycles. The SMILES string of the molecule is C=CCNC(=O)[C@H](C)Sc1nnc(-c2cccc(C)c2)o1. The van der Waals surface area contributed by atoms with Crippen LogP contribution in [0.1, 0.15) is 12.5 Å². The first-order valence-corrected chi connectivity index (χ1v) is 7.44. The van der Waals surface area contributed by atoms with Crippen LogP contribution in [0.2, 0.25) is 0 Å². The molecule has 5 nitrogen and oxygen atoms in total. The number of thioether (sulfide) groups is 1. The van der Waals surface area contributed by atoms with Gasteiger partial charge in [-0.15, -0.1) is 16.8 Å². The Hall–Kier alpha value is -2.08. The molecule has 0 aliphatic rings. The quantitative estimate of drug-likeness (QED) is 0.656. The van der Waals surface area contributed by atoms with Crippen molar-refractivity contribution >= 4 is 17.7 Å². The summed E-state index contributed by atoms with van der Waals surface area (Å²) >= 11 is 1.24. The van der Waals surface area contributed by atoms with Gasteiger partial charge in [-0.05, 0) is 26.0 Å². The number of hydrogen-bond donors (Lipinski definition) is 1. The van der Waals surface area contributed by atoms with Crippen molar-refractivity contribution in [2.24, 2.45) is 0 Å². The second-order valence-electron chi connectivity index (χ2n) is 4.54. The van der Waals surface area contributed by atoms with Crippen molar-refractivity contribution in [3.05, 3.63) is 42.5 Å². The molecule has 110 valence electrons. The van der Waals surface area contributed by atoms with E-state index in [0.29, 0.717) is 17.7 Å². The molecule has 0 aliphatic heterocycles.